The first kappa shape index (κ1) is 13.3. The van der Waals surface area contributed by atoms with Crippen molar-refractivity contribution in [2.45, 2.75) is 18.7 Å². The Kier molecular flexibility index (Phi) is 4.61. The van der Waals surface area contributed by atoms with Crippen LogP contribution in [-0.2, 0) is 17.1 Å². The summed E-state index contributed by atoms with van der Waals surface area (Å²) in [5, 5.41) is 8.62. The van der Waals surface area contributed by atoms with E-state index in [1.165, 1.54) is 6.07 Å². The summed E-state index contributed by atoms with van der Waals surface area (Å²) in [6, 6.07) is 1.32. The Bertz CT molecular complexity index is 415. The van der Waals surface area contributed by atoms with E-state index in [0.29, 0.717) is 5.56 Å². The van der Waals surface area contributed by atoms with Gasteiger partial charge < -0.3 is 5.11 Å². The fourth-order valence-electron chi connectivity index (χ4n) is 1.17. The maximum Gasteiger partial charge on any atom is 0.307 e. The Labute approximate surface area is 104 Å². The molecule has 0 saturated heterocycles. The van der Waals surface area contributed by atoms with Crippen LogP contribution in [0.1, 0.15) is 23.4 Å². The summed E-state index contributed by atoms with van der Waals surface area (Å²) >= 11 is 8.45. The van der Waals surface area contributed by atoms with E-state index >= 15 is 0 Å². The number of carbonyl (C=O) groups is 1. The van der Waals surface area contributed by atoms with Crippen molar-refractivity contribution in [2.24, 2.45) is 0 Å². The molecule has 0 aliphatic rings. The molecule has 0 amide bonds. The summed E-state index contributed by atoms with van der Waals surface area (Å²) in [6.45, 7) is 0. The highest BCUT2D eigenvalue weighted by Gasteiger charge is 2.18. The molecule has 88 valence electrons. The van der Waals surface area contributed by atoms with E-state index in [1.807, 2.05) is 0 Å². The van der Waals surface area contributed by atoms with Crippen LogP contribution in [0.15, 0.2) is 10.5 Å². The number of hydrogen-bond acceptors (Lipinski definition) is 2. The molecule has 0 aromatic carbocycles. The highest BCUT2D eigenvalue weighted by Crippen LogP contribution is 2.28. The molecular formula is C9H7BrClF2NO2. The standard InChI is InChI=1S/C9H7BrClF2NO2/c10-5-1-4(2-7(15)16)6(3-11)14-8(5)9(12)13/h1,9H,2-3H2,(H,15,16). The molecule has 1 heterocycles. The van der Waals surface area contributed by atoms with Crippen LogP contribution in [-0.4, -0.2) is 16.1 Å². The molecule has 0 saturated carbocycles. The van der Waals surface area contributed by atoms with Gasteiger partial charge in [-0.3, -0.25) is 4.79 Å². The molecule has 0 aliphatic carbocycles. The molecule has 0 bridgehead atoms. The second kappa shape index (κ2) is 5.54. The zero-order chi connectivity index (χ0) is 12.3. The zero-order valence-corrected chi connectivity index (χ0v) is 10.2. The minimum absolute atomic E-state index is 0.0904. The lowest BCUT2D eigenvalue weighted by molar-refractivity contribution is -0.136. The monoisotopic (exact) mass is 313 g/mol. The third kappa shape index (κ3) is 3.12. The van der Waals surface area contributed by atoms with Crippen LogP contribution in [0.3, 0.4) is 0 Å². The highest BCUT2D eigenvalue weighted by molar-refractivity contribution is 9.10. The lowest BCUT2D eigenvalue weighted by Gasteiger charge is -2.09. The minimum atomic E-state index is -2.73. The van der Waals surface area contributed by atoms with Gasteiger partial charge in [0.15, 0.2) is 0 Å². The molecule has 0 radical (unpaired) electrons. The van der Waals surface area contributed by atoms with E-state index in [-0.39, 0.29) is 22.5 Å². The van der Waals surface area contributed by atoms with E-state index in [4.69, 9.17) is 16.7 Å². The van der Waals surface area contributed by atoms with Gasteiger partial charge in [-0.2, -0.15) is 0 Å². The second-order valence-corrected chi connectivity index (χ2v) is 4.09. The summed E-state index contributed by atoms with van der Waals surface area (Å²) in [4.78, 5) is 14.2. The second-order valence-electron chi connectivity index (χ2n) is 2.97. The van der Waals surface area contributed by atoms with E-state index in [1.54, 1.807) is 0 Å². The first-order valence-corrected chi connectivity index (χ1v) is 5.52. The van der Waals surface area contributed by atoms with Crippen molar-refractivity contribution in [1.29, 1.82) is 0 Å². The third-order valence-corrected chi connectivity index (χ3v) is 2.73. The summed E-state index contributed by atoms with van der Waals surface area (Å²) in [7, 11) is 0. The van der Waals surface area contributed by atoms with Crippen molar-refractivity contribution in [1.82, 2.24) is 4.98 Å². The van der Waals surface area contributed by atoms with E-state index in [0.717, 1.165) is 0 Å². The third-order valence-electron chi connectivity index (χ3n) is 1.85. The molecule has 1 aromatic heterocycles. The fraction of sp³-hybridized carbons (Fsp3) is 0.333. The van der Waals surface area contributed by atoms with Crippen molar-refractivity contribution in [3.8, 4) is 0 Å². The molecule has 3 nitrogen and oxygen atoms in total. The first-order valence-electron chi connectivity index (χ1n) is 4.19. The van der Waals surface area contributed by atoms with Crippen molar-refractivity contribution in [3.05, 3.63) is 27.5 Å². The summed E-state index contributed by atoms with van der Waals surface area (Å²) in [6.07, 6.45) is -3.02. The zero-order valence-electron chi connectivity index (χ0n) is 7.88. The number of carboxylic acid groups (broad SMARTS) is 1. The Morgan fingerprint density at radius 1 is 1.62 bits per heavy atom. The quantitative estimate of drug-likeness (QED) is 0.869. The molecular weight excluding hydrogens is 307 g/mol. The van der Waals surface area contributed by atoms with Crippen LogP contribution in [0.4, 0.5) is 8.78 Å². The van der Waals surface area contributed by atoms with Gasteiger partial charge in [0.25, 0.3) is 6.43 Å². The predicted octanol–water partition coefficient (Wildman–Crippen LogP) is 3.15. The number of pyridine rings is 1. The van der Waals surface area contributed by atoms with Crippen molar-refractivity contribution in [2.75, 3.05) is 0 Å². The average Bonchev–Trinajstić information content (AvgIpc) is 2.16. The van der Waals surface area contributed by atoms with Crippen molar-refractivity contribution >= 4 is 33.5 Å². The van der Waals surface area contributed by atoms with Crippen LogP contribution < -0.4 is 0 Å². The lowest BCUT2D eigenvalue weighted by atomic mass is 10.1. The lowest BCUT2D eigenvalue weighted by Crippen LogP contribution is -2.07. The highest BCUT2D eigenvalue weighted by atomic mass is 79.9. The van der Waals surface area contributed by atoms with Gasteiger partial charge in [-0.1, -0.05) is 0 Å². The van der Waals surface area contributed by atoms with Gasteiger partial charge in [0.05, 0.1) is 18.0 Å². The summed E-state index contributed by atoms with van der Waals surface area (Å²) in [5.41, 5.74) is 0.0751. The van der Waals surface area contributed by atoms with Crippen molar-refractivity contribution in [3.63, 3.8) is 0 Å². The largest absolute Gasteiger partial charge is 0.481 e. The topological polar surface area (TPSA) is 50.2 Å². The number of rotatable bonds is 4. The van der Waals surface area contributed by atoms with E-state index in [9.17, 15) is 13.6 Å². The summed E-state index contributed by atoms with van der Waals surface area (Å²) < 4.78 is 25.1. The number of carboxylic acids is 1. The molecule has 0 unspecified atom stereocenters. The molecule has 7 heteroatoms. The van der Waals surface area contributed by atoms with Gasteiger partial charge in [0.1, 0.15) is 5.69 Å². The number of aromatic nitrogens is 1. The molecule has 0 spiro atoms. The van der Waals surface area contributed by atoms with Crippen LogP contribution in [0.2, 0.25) is 0 Å². The van der Waals surface area contributed by atoms with Gasteiger partial charge >= 0.3 is 5.97 Å². The average molecular weight is 315 g/mol. The molecule has 1 aromatic rings. The predicted molar refractivity (Wildman–Crippen MR) is 57.8 cm³/mol. The van der Waals surface area contributed by atoms with Gasteiger partial charge in [-0.05, 0) is 27.6 Å². The van der Waals surface area contributed by atoms with Crippen LogP contribution >= 0.6 is 27.5 Å². The molecule has 0 atom stereocenters. The maximum atomic E-state index is 12.5. The molecule has 1 rings (SSSR count). The molecule has 0 fully saturated rings. The Morgan fingerprint density at radius 2 is 2.25 bits per heavy atom. The Balaban J connectivity index is 3.20. The molecule has 0 aliphatic heterocycles. The minimum Gasteiger partial charge on any atom is -0.481 e. The fourth-order valence-corrected chi connectivity index (χ4v) is 1.93. The van der Waals surface area contributed by atoms with Gasteiger partial charge in [-0.15, -0.1) is 11.6 Å². The number of aliphatic carboxylic acids is 1. The van der Waals surface area contributed by atoms with Gasteiger partial charge in [-0.25, -0.2) is 13.8 Å². The molecule has 16 heavy (non-hydrogen) atoms. The number of nitrogens with zero attached hydrogens (tertiary/aromatic N) is 1. The number of halogens is 4. The summed E-state index contributed by atoms with van der Waals surface area (Å²) in [5.74, 6) is -1.17. The number of hydrogen-bond donors (Lipinski definition) is 1. The Hall–Kier alpha value is -0.750. The van der Waals surface area contributed by atoms with Crippen molar-refractivity contribution < 1.29 is 18.7 Å². The van der Waals surface area contributed by atoms with Crippen LogP contribution in [0.5, 0.6) is 0 Å². The van der Waals surface area contributed by atoms with Crippen LogP contribution in [0.25, 0.3) is 0 Å². The Morgan fingerprint density at radius 3 is 2.69 bits per heavy atom. The normalized spacial score (nSPS) is 10.8. The van der Waals surface area contributed by atoms with E-state index < -0.39 is 18.1 Å². The number of alkyl halides is 3. The van der Waals surface area contributed by atoms with Crippen LogP contribution in [0, 0.1) is 0 Å². The van der Waals surface area contributed by atoms with Gasteiger partial charge in [0.2, 0.25) is 0 Å². The van der Waals surface area contributed by atoms with E-state index in [2.05, 4.69) is 20.9 Å². The smallest absolute Gasteiger partial charge is 0.307 e. The van der Waals surface area contributed by atoms with Gasteiger partial charge in [0, 0.05) is 4.47 Å². The maximum absolute atomic E-state index is 12.5. The first-order chi connectivity index (χ1) is 7.45. The SMILES string of the molecule is O=C(O)Cc1cc(Br)c(C(F)F)nc1CCl. The molecule has 1 N–H and O–H groups in total.